The molecule has 0 aliphatic carbocycles. The Bertz CT molecular complexity index is 1710. The van der Waals surface area contributed by atoms with Crippen molar-refractivity contribution in [2.75, 3.05) is 30.4 Å². The van der Waals surface area contributed by atoms with Crippen molar-refractivity contribution in [3.63, 3.8) is 0 Å². The molecular weight excluding hydrogens is 557 g/mol. The lowest BCUT2D eigenvalue weighted by molar-refractivity contribution is -0.116. The molecule has 216 valence electrons. The predicted octanol–water partition coefficient (Wildman–Crippen LogP) is 5.18. The molecule has 1 aliphatic heterocycles. The molecule has 0 spiro atoms. The van der Waals surface area contributed by atoms with Crippen molar-refractivity contribution in [1.29, 1.82) is 0 Å². The Labute approximate surface area is 244 Å². The number of sulfonamides is 1. The van der Waals surface area contributed by atoms with Gasteiger partial charge in [0.15, 0.2) is 0 Å². The zero-order valence-corrected chi connectivity index (χ0v) is 24.0. The van der Waals surface area contributed by atoms with Crippen molar-refractivity contribution in [1.82, 2.24) is 4.31 Å². The molecule has 42 heavy (non-hydrogen) atoms. The maximum atomic E-state index is 13.6. The molecule has 0 radical (unpaired) electrons. The van der Waals surface area contributed by atoms with Gasteiger partial charge in [0, 0.05) is 30.0 Å². The minimum atomic E-state index is -4.06. The number of halogens is 1. The molecule has 1 heterocycles. The van der Waals surface area contributed by atoms with E-state index in [-0.39, 0.29) is 17.3 Å². The molecule has 1 aliphatic rings. The highest BCUT2D eigenvalue weighted by atomic mass is 32.2. The van der Waals surface area contributed by atoms with Crippen LogP contribution in [0.2, 0.25) is 0 Å². The average molecular weight is 588 g/mol. The topological polar surface area (TPSA) is 96.0 Å². The molecule has 10 heteroatoms. The van der Waals surface area contributed by atoms with Crippen LogP contribution in [0.5, 0.6) is 5.75 Å². The number of benzene rings is 4. The maximum absolute atomic E-state index is 13.6. The Kier molecular flexibility index (Phi) is 8.37. The van der Waals surface area contributed by atoms with Gasteiger partial charge in [0.1, 0.15) is 11.6 Å². The normalized spacial score (nSPS) is 12.7. The van der Waals surface area contributed by atoms with Gasteiger partial charge in [0.2, 0.25) is 15.9 Å². The van der Waals surface area contributed by atoms with Gasteiger partial charge >= 0.3 is 0 Å². The smallest absolute Gasteiger partial charge is 0.258 e. The lowest BCUT2D eigenvalue weighted by Gasteiger charge is -2.22. The Morgan fingerprint density at radius 3 is 2.31 bits per heavy atom. The van der Waals surface area contributed by atoms with E-state index in [1.165, 1.54) is 36.4 Å². The number of fused-ring (bicyclic) bond motifs is 1. The Balaban J connectivity index is 1.35. The van der Waals surface area contributed by atoms with Crippen molar-refractivity contribution >= 4 is 33.2 Å². The fourth-order valence-electron chi connectivity index (χ4n) is 4.80. The van der Waals surface area contributed by atoms with E-state index < -0.39 is 28.3 Å². The zero-order chi connectivity index (χ0) is 29.9. The van der Waals surface area contributed by atoms with Crippen LogP contribution in [0.15, 0.2) is 95.9 Å². The standard InChI is InChI=1S/C32H30FN3O5S/c1-22-3-15-29(16-4-22)42(39,40)35(20-23-5-10-26(33)11-6-23)21-31(37)34-27-12-7-24-17-18-36(30(24)19-27)32(38)25-8-13-28(41-2)14-9-25/h3-16,19H,17-18,20-21H2,1-2H3,(H,34,37). The fourth-order valence-corrected chi connectivity index (χ4v) is 6.18. The van der Waals surface area contributed by atoms with Gasteiger partial charge in [0.25, 0.3) is 5.91 Å². The summed E-state index contributed by atoms with van der Waals surface area (Å²) < 4.78 is 46.9. The third kappa shape index (κ3) is 6.35. The summed E-state index contributed by atoms with van der Waals surface area (Å²) in [7, 11) is -2.50. The molecule has 0 fully saturated rings. The first-order valence-electron chi connectivity index (χ1n) is 13.3. The molecule has 0 saturated heterocycles. The largest absolute Gasteiger partial charge is 0.497 e. The van der Waals surface area contributed by atoms with Crippen LogP contribution in [0.4, 0.5) is 15.8 Å². The summed E-state index contributed by atoms with van der Waals surface area (Å²) in [6, 6.07) is 24.0. The summed E-state index contributed by atoms with van der Waals surface area (Å²) in [5.41, 5.74) is 4.02. The predicted molar refractivity (Wildman–Crippen MR) is 159 cm³/mol. The molecule has 4 aromatic carbocycles. The van der Waals surface area contributed by atoms with Gasteiger partial charge in [-0.2, -0.15) is 4.31 Å². The molecule has 4 aromatic rings. The highest BCUT2D eigenvalue weighted by Crippen LogP contribution is 2.32. The van der Waals surface area contributed by atoms with Gasteiger partial charge in [-0.15, -0.1) is 0 Å². The molecule has 5 rings (SSSR count). The molecule has 0 unspecified atom stereocenters. The number of aryl methyl sites for hydroxylation is 1. The van der Waals surface area contributed by atoms with E-state index in [1.807, 2.05) is 13.0 Å². The van der Waals surface area contributed by atoms with E-state index >= 15 is 0 Å². The number of nitrogens with one attached hydrogen (secondary N) is 1. The fraction of sp³-hybridized carbons (Fsp3) is 0.188. The molecule has 8 nitrogen and oxygen atoms in total. The lowest BCUT2D eigenvalue weighted by atomic mass is 10.1. The van der Waals surface area contributed by atoms with Crippen LogP contribution in [-0.2, 0) is 27.8 Å². The summed E-state index contributed by atoms with van der Waals surface area (Å²) in [6.07, 6.45) is 0.672. The summed E-state index contributed by atoms with van der Waals surface area (Å²) in [5, 5.41) is 2.78. The Morgan fingerprint density at radius 1 is 0.952 bits per heavy atom. The van der Waals surface area contributed by atoms with Crippen LogP contribution >= 0.6 is 0 Å². The van der Waals surface area contributed by atoms with E-state index in [2.05, 4.69) is 5.32 Å². The van der Waals surface area contributed by atoms with E-state index in [0.717, 1.165) is 15.4 Å². The van der Waals surface area contributed by atoms with Crippen LogP contribution in [-0.4, -0.2) is 44.7 Å². The number of rotatable bonds is 9. The summed E-state index contributed by atoms with van der Waals surface area (Å²) >= 11 is 0. The summed E-state index contributed by atoms with van der Waals surface area (Å²) in [5.74, 6) is -0.523. The monoisotopic (exact) mass is 587 g/mol. The van der Waals surface area contributed by atoms with E-state index in [9.17, 15) is 22.4 Å². The van der Waals surface area contributed by atoms with Crippen molar-refractivity contribution < 1.29 is 27.1 Å². The highest BCUT2D eigenvalue weighted by Gasteiger charge is 2.29. The first-order valence-corrected chi connectivity index (χ1v) is 14.8. The molecule has 0 saturated carbocycles. The Hall–Kier alpha value is -4.54. The van der Waals surface area contributed by atoms with E-state index in [0.29, 0.717) is 41.2 Å². The maximum Gasteiger partial charge on any atom is 0.258 e. The van der Waals surface area contributed by atoms with Gasteiger partial charge in [-0.05, 0) is 85.1 Å². The number of carbonyl (C=O) groups excluding carboxylic acids is 2. The second kappa shape index (κ2) is 12.1. The molecule has 1 N–H and O–H groups in total. The first kappa shape index (κ1) is 29.0. The van der Waals surface area contributed by atoms with Crippen LogP contribution < -0.4 is 15.0 Å². The second-order valence-electron chi connectivity index (χ2n) is 10.0. The van der Waals surface area contributed by atoms with Gasteiger partial charge in [-0.3, -0.25) is 9.59 Å². The third-order valence-corrected chi connectivity index (χ3v) is 8.90. The van der Waals surface area contributed by atoms with Crippen molar-refractivity contribution in [2.24, 2.45) is 0 Å². The molecular formula is C32H30FN3O5S. The van der Waals surface area contributed by atoms with E-state index in [1.54, 1.807) is 60.5 Å². The van der Waals surface area contributed by atoms with Gasteiger partial charge in [0.05, 0.1) is 18.6 Å². The van der Waals surface area contributed by atoms with Gasteiger partial charge in [-0.1, -0.05) is 35.9 Å². The summed E-state index contributed by atoms with van der Waals surface area (Å²) in [6.45, 7) is 1.75. The molecule has 0 aromatic heterocycles. The summed E-state index contributed by atoms with van der Waals surface area (Å²) in [4.78, 5) is 28.2. The van der Waals surface area contributed by atoms with Crippen LogP contribution in [0, 0.1) is 12.7 Å². The van der Waals surface area contributed by atoms with Gasteiger partial charge in [-0.25, -0.2) is 12.8 Å². The molecule has 2 amide bonds. The van der Waals surface area contributed by atoms with Crippen LogP contribution in [0.3, 0.4) is 0 Å². The molecule has 0 bridgehead atoms. The number of hydrogen-bond donors (Lipinski definition) is 1. The average Bonchev–Trinajstić information content (AvgIpc) is 3.41. The zero-order valence-electron chi connectivity index (χ0n) is 23.2. The van der Waals surface area contributed by atoms with Crippen molar-refractivity contribution in [2.45, 2.75) is 24.8 Å². The number of anilines is 2. The third-order valence-electron chi connectivity index (χ3n) is 7.10. The number of amides is 2. The number of ether oxygens (including phenoxy) is 1. The number of methoxy groups -OCH3 is 1. The van der Waals surface area contributed by atoms with Crippen molar-refractivity contribution in [3.8, 4) is 5.75 Å². The van der Waals surface area contributed by atoms with Crippen LogP contribution in [0.1, 0.15) is 27.0 Å². The Morgan fingerprint density at radius 2 is 1.64 bits per heavy atom. The molecule has 0 atom stereocenters. The van der Waals surface area contributed by atoms with Crippen LogP contribution in [0.25, 0.3) is 0 Å². The number of hydrogen-bond acceptors (Lipinski definition) is 5. The highest BCUT2D eigenvalue weighted by molar-refractivity contribution is 7.89. The quantitative estimate of drug-likeness (QED) is 0.291. The lowest BCUT2D eigenvalue weighted by Crippen LogP contribution is -2.37. The number of carbonyl (C=O) groups is 2. The SMILES string of the molecule is COc1ccc(C(=O)N2CCc3ccc(NC(=O)CN(Cc4ccc(F)cc4)S(=O)(=O)c4ccc(C)cc4)cc32)cc1. The van der Waals surface area contributed by atoms with Crippen molar-refractivity contribution in [3.05, 3.63) is 119 Å². The van der Waals surface area contributed by atoms with E-state index in [4.69, 9.17) is 4.74 Å². The van der Waals surface area contributed by atoms with Gasteiger partial charge < -0.3 is 15.0 Å². The minimum absolute atomic E-state index is 0.0493. The minimum Gasteiger partial charge on any atom is -0.497 e. The second-order valence-corrected chi connectivity index (χ2v) is 12.0. The number of nitrogens with zero attached hydrogens (tertiary/aromatic N) is 2. The first-order chi connectivity index (χ1) is 20.1.